The zero-order valence-corrected chi connectivity index (χ0v) is 23.2. The summed E-state index contributed by atoms with van der Waals surface area (Å²) < 4.78 is 85.1. The van der Waals surface area contributed by atoms with E-state index in [4.69, 9.17) is 25.7 Å². The molecule has 0 fully saturated rings. The van der Waals surface area contributed by atoms with Crippen LogP contribution in [0.15, 0.2) is 72.8 Å². The fourth-order valence-electron chi connectivity index (χ4n) is 3.83. The van der Waals surface area contributed by atoms with E-state index in [2.05, 4.69) is 4.74 Å². The number of unbranched alkanes of at least 4 members (excludes halogenated alkanes) is 2. The molecular weight excluding hydrogens is 575 g/mol. The fraction of sp³-hybridized carbons (Fsp3) is 0.323. The first-order valence-corrected chi connectivity index (χ1v) is 13.4. The van der Waals surface area contributed by atoms with Crippen molar-refractivity contribution in [1.29, 1.82) is 0 Å². The molecule has 0 heterocycles. The molecule has 0 amide bonds. The van der Waals surface area contributed by atoms with E-state index in [-0.39, 0.29) is 31.3 Å². The summed E-state index contributed by atoms with van der Waals surface area (Å²) in [6.45, 7) is -1.61. The van der Waals surface area contributed by atoms with Crippen LogP contribution in [0, 0.1) is 0 Å². The first-order chi connectivity index (χ1) is 20.4. The summed E-state index contributed by atoms with van der Waals surface area (Å²) in [5.74, 6) is -0.437. The molecule has 4 N–H and O–H groups in total. The number of esters is 1. The second-order valence-corrected chi connectivity index (χ2v) is 9.50. The Kier molecular flexibility index (Phi) is 12.2. The van der Waals surface area contributed by atoms with Gasteiger partial charge in [-0.3, -0.25) is 0 Å². The molecule has 0 spiro atoms. The van der Waals surface area contributed by atoms with E-state index in [1.54, 1.807) is 6.07 Å². The number of benzene rings is 3. The number of aryl methyl sites for hydroxylation is 1. The van der Waals surface area contributed by atoms with Gasteiger partial charge in [-0.05, 0) is 91.4 Å². The number of halogens is 5. The Balaban J connectivity index is 1.36. The van der Waals surface area contributed by atoms with Crippen molar-refractivity contribution in [3.05, 3.63) is 89.5 Å². The highest BCUT2D eigenvalue weighted by Crippen LogP contribution is 2.32. The van der Waals surface area contributed by atoms with Gasteiger partial charge in [-0.15, -0.1) is 0 Å². The Morgan fingerprint density at radius 1 is 0.791 bits per heavy atom. The minimum Gasteiger partial charge on any atom is -0.491 e. The standard InChI is InChI=1S/C31H33F5N2O5/c32-30(33,34)21-40-18-19-41-26-14-9-24(10-15-26)31(35,36)43-27-12-5-22(6-13-27)7-16-29(39)42-17-3-1-2-4-23-8-11-25(37)20-28(23)38/h5-16,20H,1-4,17-19,21,37-38H2/b16-7+. The van der Waals surface area contributed by atoms with Crippen LogP contribution in [-0.2, 0) is 26.8 Å². The van der Waals surface area contributed by atoms with Crippen LogP contribution in [0.25, 0.3) is 6.08 Å². The molecule has 3 aromatic carbocycles. The molecule has 0 bridgehead atoms. The fourth-order valence-corrected chi connectivity index (χ4v) is 3.83. The number of hydrogen-bond acceptors (Lipinski definition) is 7. The van der Waals surface area contributed by atoms with Gasteiger partial charge in [0.25, 0.3) is 0 Å². The van der Waals surface area contributed by atoms with Crippen LogP contribution in [-0.4, -0.2) is 38.6 Å². The lowest BCUT2D eigenvalue weighted by Gasteiger charge is -2.18. The minimum absolute atomic E-state index is 0.104. The van der Waals surface area contributed by atoms with Crippen molar-refractivity contribution >= 4 is 23.4 Å². The molecule has 0 saturated carbocycles. The van der Waals surface area contributed by atoms with Gasteiger partial charge in [-0.25, -0.2) is 4.79 Å². The molecule has 3 rings (SSSR count). The maximum Gasteiger partial charge on any atom is 0.426 e. The maximum absolute atomic E-state index is 14.6. The molecule has 0 aromatic heterocycles. The van der Waals surface area contributed by atoms with E-state index in [1.807, 2.05) is 12.1 Å². The third-order valence-corrected chi connectivity index (χ3v) is 6.00. The van der Waals surface area contributed by atoms with Crippen molar-refractivity contribution in [3.8, 4) is 11.5 Å². The molecule has 7 nitrogen and oxygen atoms in total. The summed E-state index contributed by atoms with van der Waals surface area (Å²) in [6, 6.07) is 15.8. The van der Waals surface area contributed by atoms with Gasteiger partial charge < -0.3 is 30.4 Å². The van der Waals surface area contributed by atoms with E-state index >= 15 is 0 Å². The number of anilines is 2. The predicted molar refractivity (Wildman–Crippen MR) is 153 cm³/mol. The van der Waals surface area contributed by atoms with Gasteiger partial charge >= 0.3 is 18.3 Å². The lowest BCUT2D eigenvalue weighted by Crippen LogP contribution is -2.21. The third kappa shape index (κ3) is 12.2. The third-order valence-electron chi connectivity index (χ3n) is 6.00. The van der Waals surface area contributed by atoms with Crippen molar-refractivity contribution in [3.63, 3.8) is 0 Å². The molecule has 0 aliphatic rings. The zero-order valence-electron chi connectivity index (χ0n) is 23.2. The highest BCUT2D eigenvalue weighted by Gasteiger charge is 2.34. The number of carbonyl (C=O) groups excluding carboxylic acids is 1. The second-order valence-electron chi connectivity index (χ2n) is 9.50. The van der Waals surface area contributed by atoms with Crippen molar-refractivity contribution in [2.45, 2.75) is 38.0 Å². The first-order valence-electron chi connectivity index (χ1n) is 13.4. The molecule has 12 heteroatoms. The van der Waals surface area contributed by atoms with Crippen LogP contribution in [0.4, 0.5) is 33.3 Å². The van der Waals surface area contributed by atoms with Crippen LogP contribution in [0.1, 0.15) is 36.0 Å². The molecule has 0 saturated heterocycles. The van der Waals surface area contributed by atoms with Crippen LogP contribution in [0.2, 0.25) is 0 Å². The first kappa shape index (κ1) is 33.2. The molecular formula is C31H33F5N2O5. The second kappa shape index (κ2) is 15.8. The topological polar surface area (TPSA) is 106 Å². The van der Waals surface area contributed by atoms with Gasteiger partial charge in [0.15, 0.2) is 0 Å². The zero-order chi connectivity index (χ0) is 31.3. The smallest absolute Gasteiger partial charge is 0.426 e. The van der Waals surface area contributed by atoms with Crippen LogP contribution in [0.5, 0.6) is 11.5 Å². The minimum atomic E-state index is -4.44. The molecule has 3 aromatic rings. The molecule has 0 unspecified atom stereocenters. The summed E-state index contributed by atoms with van der Waals surface area (Å²) in [5.41, 5.74) is 14.1. The number of rotatable bonds is 16. The predicted octanol–water partition coefficient (Wildman–Crippen LogP) is 6.91. The normalized spacial score (nSPS) is 11.9. The van der Waals surface area contributed by atoms with Crippen LogP contribution >= 0.6 is 0 Å². The number of carbonyl (C=O) groups is 1. The number of alkyl halides is 5. The van der Waals surface area contributed by atoms with Crippen molar-refractivity contribution < 1.29 is 45.7 Å². The van der Waals surface area contributed by atoms with Gasteiger partial charge in [0.2, 0.25) is 0 Å². The Labute approximate surface area is 246 Å². The van der Waals surface area contributed by atoms with Gasteiger partial charge in [0, 0.05) is 17.5 Å². The average molecular weight is 609 g/mol. The van der Waals surface area contributed by atoms with Gasteiger partial charge in [-0.2, -0.15) is 22.0 Å². The Hall–Kier alpha value is -4.32. The van der Waals surface area contributed by atoms with E-state index in [9.17, 15) is 26.7 Å². The summed E-state index contributed by atoms with van der Waals surface area (Å²) in [4.78, 5) is 12.0. The largest absolute Gasteiger partial charge is 0.491 e. The maximum atomic E-state index is 14.6. The molecule has 0 aliphatic heterocycles. The summed E-state index contributed by atoms with van der Waals surface area (Å²) in [7, 11) is 0. The van der Waals surface area contributed by atoms with Gasteiger partial charge in [0.05, 0.1) is 18.8 Å². The van der Waals surface area contributed by atoms with Gasteiger partial charge in [-0.1, -0.05) is 18.2 Å². The van der Waals surface area contributed by atoms with E-state index in [0.29, 0.717) is 23.4 Å². The number of hydrogen-bond donors (Lipinski definition) is 2. The average Bonchev–Trinajstić information content (AvgIpc) is 2.95. The summed E-state index contributed by atoms with van der Waals surface area (Å²) in [5, 5.41) is 0. The Bertz CT molecular complexity index is 1330. The molecule has 0 radical (unpaired) electrons. The summed E-state index contributed by atoms with van der Waals surface area (Å²) in [6.07, 6.45) is -2.09. The Morgan fingerprint density at radius 2 is 1.49 bits per heavy atom. The van der Waals surface area contributed by atoms with Crippen molar-refractivity contribution in [1.82, 2.24) is 0 Å². The lowest BCUT2D eigenvalue weighted by molar-refractivity contribution is -0.185. The van der Waals surface area contributed by atoms with Crippen LogP contribution < -0.4 is 20.9 Å². The molecule has 232 valence electrons. The van der Waals surface area contributed by atoms with Gasteiger partial charge in [0.1, 0.15) is 24.7 Å². The van der Waals surface area contributed by atoms with Crippen molar-refractivity contribution in [2.24, 2.45) is 0 Å². The van der Waals surface area contributed by atoms with E-state index < -0.39 is 30.4 Å². The SMILES string of the molecule is Nc1ccc(CCCCCOC(=O)/C=C/c2ccc(OC(F)(F)c3ccc(OCCOCC(F)(F)F)cc3)cc2)c(N)c1. The lowest BCUT2D eigenvalue weighted by atomic mass is 10.0. The molecule has 43 heavy (non-hydrogen) atoms. The highest BCUT2D eigenvalue weighted by atomic mass is 19.4. The van der Waals surface area contributed by atoms with Crippen LogP contribution in [0.3, 0.4) is 0 Å². The van der Waals surface area contributed by atoms with E-state index in [0.717, 1.165) is 37.0 Å². The molecule has 0 atom stereocenters. The monoisotopic (exact) mass is 608 g/mol. The number of ether oxygens (including phenoxy) is 4. The number of nitrogens with two attached hydrogens (primary N) is 2. The quantitative estimate of drug-likeness (QED) is 0.0599. The van der Waals surface area contributed by atoms with E-state index in [1.165, 1.54) is 48.6 Å². The number of nitrogen functional groups attached to an aromatic ring is 2. The Morgan fingerprint density at radius 3 is 2.16 bits per heavy atom. The highest BCUT2D eigenvalue weighted by molar-refractivity contribution is 5.87. The summed E-state index contributed by atoms with van der Waals surface area (Å²) >= 11 is 0. The van der Waals surface area contributed by atoms with Crippen molar-refractivity contribution in [2.75, 3.05) is 37.9 Å². The molecule has 0 aliphatic carbocycles.